The number of aromatic nitrogens is 1. The maximum Gasteiger partial charge on any atom is 0.263 e. The predicted octanol–water partition coefficient (Wildman–Crippen LogP) is 4.43. The normalized spacial score (nSPS) is 10.6. The van der Waals surface area contributed by atoms with Crippen LogP contribution < -0.4 is 5.32 Å². The van der Waals surface area contributed by atoms with Crippen molar-refractivity contribution < 1.29 is 4.79 Å². The SMILES string of the molecule is CCCCCCNC(=O)c1sc(-c2ccccc2)nc1C. The number of nitrogens with zero attached hydrogens (tertiary/aromatic N) is 1. The van der Waals surface area contributed by atoms with E-state index in [4.69, 9.17) is 0 Å². The maximum atomic E-state index is 12.2. The van der Waals surface area contributed by atoms with Crippen LogP contribution in [0.2, 0.25) is 0 Å². The molecule has 0 radical (unpaired) electrons. The monoisotopic (exact) mass is 302 g/mol. The molecule has 0 saturated carbocycles. The van der Waals surface area contributed by atoms with Crippen LogP contribution >= 0.6 is 11.3 Å². The summed E-state index contributed by atoms with van der Waals surface area (Å²) in [5, 5.41) is 3.90. The van der Waals surface area contributed by atoms with Crippen LogP contribution in [0.3, 0.4) is 0 Å². The highest BCUT2D eigenvalue weighted by Gasteiger charge is 2.15. The largest absolute Gasteiger partial charge is 0.351 e. The molecule has 2 aromatic rings. The second-order valence-corrected chi connectivity index (χ2v) is 6.12. The van der Waals surface area contributed by atoms with Crippen LogP contribution in [-0.4, -0.2) is 17.4 Å². The summed E-state index contributed by atoms with van der Waals surface area (Å²) in [6.07, 6.45) is 4.66. The van der Waals surface area contributed by atoms with E-state index >= 15 is 0 Å². The highest BCUT2D eigenvalue weighted by molar-refractivity contribution is 7.17. The summed E-state index contributed by atoms with van der Waals surface area (Å²) in [5.74, 6) is 0.00341. The number of carbonyl (C=O) groups excluding carboxylic acids is 1. The van der Waals surface area contributed by atoms with Crippen LogP contribution in [0, 0.1) is 6.92 Å². The molecule has 0 bridgehead atoms. The van der Waals surface area contributed by atoms with E-state index < -0.39 is 0 Å². The minimum absolute atomic E-state index is 0.00341. The van der Waals surface area contributed by atoms with Gasteiger partial charge in [0.1, 0.15) is 9.88 Å². The van der Waals surface area contributed by atoms with Crippen molar-refractivity contribution in [2.75, 3.05) is 6.54 Å². The average molecular weight is 302 g/mol. The third-order valence-electron chi connectivity index (χ3n) is 3.34. The van der Waals surface area contributed by atoms with E-state index in [1.165, 1.54) is 30.6 Å². The van der Waals surface area contributed by atoms with Gasteiger partial charge in [-0.1, -0.05) is 56.5 Å². The smallest absolute Gasteiger partial charge is 0.263 e. The van der Waals surface area contributed by atoms with Gasteiger partial charge in [-0.15, -0.1) is 11.3 Å². The lowest BCUT2D eigenvalue weighted by molar-refractivity contribution is 0.0956. The van der Waals surface area contributed by atoms with Gasteiger partial charge >= 0.3 is 0 Å². The van der Waals surface area contributed by atoms with Gasteiger partial charge in [-0.3, -0.25) is 4.79 Å². The van der Waals surface area contributed by atoms with Gasteiger partial charge in [-0.05, 0) is 13.3 Å². The van der Waals surface area contributed by atoms with Crippen molar-refractivity contribution in [3.05, 3.63) is 40.9 Å². The van der Waals surface area contributed by atoms with Crippen molar-refractivity contribution in [3.63, 3.8) is 0 Å². The first-order valence-electron chi connectivity index (χ1n) is 7.53. The maximum absolute atomic E-state index is 12.2. The molecule has 1 heterocycles. The number of carbonyl (C=O) groups is 1. The molecule has 2 rings (SSSR count). The van der Waals surface area contributed by atoms with Gasteiger partial charge in [0.15, 0.2) is 0 Å². The number of aryl methyl sites for hydroxylation is 1. The van der Waals surface area contributed by atoms with Crippen LogP contribution in [0.5, 0.6) is 0 Å². The average Bonchev–Trinajstić information content (AvgIpc) is 2.90. The van der Waals surface area contributed by atoms with Crippen LogP contribution in [0.25, 0.3) is 10.6 Å². The van der Waals surface area contributed by atoms with Crippen molar-refractivity contribution in [1.29, 1.82) is 0 Å². The molecule has 21 heavy (non-hydrogen) atoms. The zero-order valence-electron chi connectivity index (χ0n) is 12.7. The van der Waals surface area contributed by atoms with E-state index in [0.717, 1.165) is 34.1 Å². The Balaban J connectivity index is 1.97. The minimum atomic E-state index is 0.00341. The Bertz CT molecular complexity index is 578. The summed E-state index contributed by atoms with van der Waals surface area (Å²) >= 11 is 1.47. The molecule has 1 aromatic heterocycles. The lowest BCUT2D eigenvalue weighted by Crippen LogP contribution is -2.24. The second kappa shape index (κ2) is 7.93. The number of benzene rings is 1. The molecule has 0 atom stereocenters. The number of nitrogens with one attached hydrogen (secondary N) is 1. The van der Waals surface area contributed by atoms with Crippen molar-refractivity contribution in [1.82, 2.24) is 10.3 Å². The highest BCUT2D eigenvalue weighted by atomic mass is 32.1. The summed E-state index contributed by atoms with van der Waals surface area (Å²) in [5.41, 5.74) is 1.87. The summed E-state index contributed by atoms with van der Waals surface area (Å²) in [4.78, 5) is 17.4. The third kappa shape index (κ3) is 4.39. The van der Waals surface area contributed by atoms with Gasteiger partial charge in [0.05, 0.1) is 5.69 Å². The Morgan fingerprint density at radius 1 is 1.19 bits per heavy atom. The molecule has 0 fully saturated rings. The summed E-state index contributed by atoms with van der Waals surface area (Å²) in [6, 6.07) is 9.99. The summed E-state index contributed by atoms with van der Waals surface area (Å²) in [6.45, 7) is 4.83. The summed E-state index contributed by atoms with van der Waals surface area (Å²) in [7, 11) is 0. The van der Waals surface area contributed by atoms with Gasteiger partial charge in [0.25, 0.3) is 5.91 Å². The van der Waals surface area contributed by atoms with E-state index in [1.807, 2.05) is 37.3 Å². The van der Waals surface area contributed by atoms with Crippen LogP contribution in [-0.2, 0) is 0 Å². The van der Waals surface area contributed by atoms with Gasteiger partial charge in [0, 0.05) is 12.1 Å². The Hall–Kier alpha value is -1.68. The molecular formula is C17H22N2OS. The zero-order valence-corrected chi connectivity index (χ0v) is 13.5. The fourth-order valence-corrected chi connectivity index (χ4v) is 3.13. The first kappa shape index (κ1) is 15.7. The molecule has 3 nitrogen and oxygen atoms in total. The van der Waals surface area contributed by atoms with Crippen molar-refractivity contribution >= 4 is 17.2 Å². The third-order valence-corrected chi connectivity index (χ3v) is 4.54. The molecule has 0 aliphatic heterocycles. The minimum Gasteiger partial charge on any atom is -0.351 e. The molecule has 1 N–H and O–H groups in total. The molecule has 0 unspecified atom stereocenters. The molecular weight excluding hydrogens is 280 g/mol. The van der Waals surface area contributed by atoms with Gasteiger partial charge < -0.3 is 5.32 Å². The van der Waals surface area contributed by atoms with Gasteiger partial charge in [-0.25, -0.2) is 4.98 Å². The van der Waals surface area contributed by atoms with Crippen LogP contribution in [0.4, 0.5) is 0 Å². The molecule has 1 amide bonds. The topological polar surface area (TPSA) is 42.0 Å². The summed E-state index contributed by atoms with van der Waals surface area (Å²) < 4.78 is 0. The standard InChI is InChI=1S/C17H22N2OS/c1-3-4-5-9-12-18-16(20)15-13(2)19-17(21-15)14-10-7-6-8-11-14/h6-8,10-11H,3-5,9,12H2,1-2H3,(H,18,20). The van der Waals surface area contributed by atoms with Gasteiger partial charge in [0.2, 0.25) is 0 Å². The number of hydrogen-bond donors (Lipinski definition) is 1. The highest BCUT2D eigenvalue weighted by Crippen LogP contribution is 2.27. The number of rotatable bonds is 7. The fourth-order valence-electron chi connectivity index (χ4n) is 2.15. The molecule has 0 spiro atoms. The molecule has 0 aliphatic carbocycles. The first-order chi connectivity index (χ1) is 10.2. The Labute approximate surface area is 130 Å². The Kier molecular flexibility index (Phi) is 5.93. The fraction of sp³-hybridized carbons (Fsp3) is 0.412. The number of unbranched alkanes of at least 4 members (excludes halogenated alkanes) is 3. The lowest BCUT2D eigenvalue weighted by atomic mass is 10.2. The number of amides is 1. The van der Waals surface area contributed by atoms with Crippen LogP contribution in [0.1, 0.15) is 48.0 Å². The quantitative estimate of drug-likeness (QED) is 0.769. The first-order valence-corrected chi connectivity index (χ1v) is 8.35. The predicted molar refractivity (Wildman–Crippen MR) is 88.8 cm³/mol. The van der Waals surface area contributed by atoms with Crippen molar-refractivity contribution in [3.8, 4) is 10.6 Å². The Morgan fingerprint density at radius 3 is 2.67 bits per heavy atom. The van der Waals surface area contributed by atoms with E-state index in [1.54, 1.807) is 0 Å². The van der Waals surface area contributed by atoms with E-state index in [9.17, 15) is 4.79 Å². The van der Waals surface area contributed by atoms with Crippen molar-refractivity contribution in [2.45, 2.75) is 39.5 Å². The van der Waals surface area contributed by atoms with E-state index in [0.29, 0.717) is 0 Å². The zero-order chi connectivity index (χ0) is 15.1. The second-order valence-electron chi connectivity index (χ2n) is 5.12. The molecule has 0 aliphatic rings. The van der Waals surface area contributed by atoms with Crippen LogP contribution in [0.15, 0.2) is 30.3 Å². The molecule has 112 valence electrons. The van der Waals surface area contributed by atoms with E-state index in [-0.39, 0.29) is 5.91 Å². The molecule has 4 heteroatoms. The number of hydrogen-bond acceptors (Lipinski definition) is 3. The van der Waals surface area contributed by atoms with Gasteiger partial charge in [-0.2, -0.15) is 0 Å². The Morgan fingerprint density at radius 2 is 1.95 bits per heavy atom. The van der Waals surface area contributed by atoms with E-state index in [2.05, 4.69) is 17.2 Å². The lowest BCUT2D eigenvalue weighted by Gasteiger charge is -2.03. The molecule has 0 saturated heterocycles. The molecule has 1 aromatic carbocycles. The number of thiazole rings is 1. The van der Waals surface area contributed by atoms with Crippen molar-refractivity contribution in [2.24, 2.45) is 0 Å².